The Morgan fingerprint density at radius 3 is 3.10 bits per heavy atom. The third kappa shape index (κ3) is 3.43. The van der Waals surface area contributed by atoms with Crippen molar-refractivity contribution < 1.29 is 14.5 Å². The van der Waals surface area contributed by atoms with E-state index in [1.165, 1.54) is 12.3 Å². The Kier molecular flexibility index (Phi) is 4.86. The fraction of sp³-hybridized carbons (Fsp3) is 0.500. The molecule has 8 heteroatoms. The Labute approximate surface area is 120 Å². The summed E-state index contributed by atoms with van der Waals surface area (Å²) in [7, 11) is 0. The van der Waals surface area contributed by atoms with Gasteiger partial charge in [0.25, 0.3) is 5.91 Å². The van der Waals surface area contributed by atoms with Gasteiger partial charge in [0.15, 0.2) is 0 Å². The number of aromatic nitrogens is 1. The van der Waals surface area contributed by atoms with Gasteiger partial charge in [0, 0.05) is 26.0 Å². The number of rotatable bonds is 5. The van der Waals surface area contributed by atoms with Crippen LogP contribution < -0.4 is 5.32 Å². The zero-order valence-electron chi connectivity index (χ0n) is 10.7. The van der Waals surface area contributed by atoms with E-state index >= 15 is 0 Å². The lowest BCUT2D eigenvalue weighted by atomic mass is 10.1. The van der Waals surface area contributed by atoms with E-state index < -0.39 is 16.5 Å². The van der Waals surface area contributed by atoms with Gasteiger partial charge < -0.3 is 10.1 Å². The molecule has 0 spiro atoms. The Morgan fingerprint density at radius 1 is 1.65 bits per heavy atom. The van der Waals surface area contributed by atoms with Gasteiger partial charge in [-0.25, -0.2) is 4.98 Å². The number of halogens is 1. The molecule has 7 nitrogen and oxygen atoms in total. The van der Waals surface area contributed by atoms with Gasteiger partial charge in [0.1, 0.15) is 5.56 Å². The van der Waals surface area contributed by atoms with Gasteiger partial charge in [-0.15, -0.1) is 0 Å². The predicted molar refractivity (Wildman–Crippen MR) is 71.8 cm³/mol. The number of nitro groups is 1. The number of ether oxygens (including phenoxy) is 1. The minimum atomic E-state index is -0.699. The summed E-state index contributed by atoms with van der Waals surface area (Å²) in [5.74, 6) is -0.0776. The number of carbonyl (C=O) groups excluding carboxylic acids is 1. The first kappa shape index (κ1) is 14.7. The van der Waals surface area contributed by atoms with Crippen LogP contribution in [0, 0.1) is 16.0 Å². The van der Waals surface area contributed by atoms with Crippen molar-refractivity contribution in [2.75, 3.05) is 19.8 Å². The Bertz CT molecular complexity index is 517. The van der Waals surface area contributed by atoms with Crippen molar-refractivity contribution in [3.05, 3.63) is 33.1 Å². The monoisotopic (exact) mass is 299 g/mol. The molecule has 1 atom stereocenters. The molecule has 1 aliphatic heterocycles. The Balaban J connectivity index is 1.98. The molecule has 1 fully saturated rings. The molecule has 0 aliphatic carbocycles. The van der Waals surface area contributed by atoms with Gasteiger partial charge in [0.2, 0.25) is 5.15 Å². The normalized spacial score (nSPS) is 17.9. The largest absolute Gasteiger partial charge is 0.381 e. The van der Waals surface area contributed by atoms with Gasteiger partial charge in [-0.3, -0.25) is 14.9 Å². The van der Waals surface area contributed by atoms with Crippen LogP contribution in [0.4, 0.5) is 5.69 Å². The van der Waals surface area contributed by atoms with Gasteiger partial charge in [-0.2, -0.15) is 0 Å². The molecule has 1 N–H and O–H groups in total. The van der Waals surface area contributed by atoms with Crippen molar-refractivity contribution in [1.82, 2.24) is 10.3 Å². The molecule has 2 heterocycles. The molecule has 1 amide bonds. The third-order valence-corrected chi connectivity index (χ3v) is 3.45. The van der Waals surface area contributed by atoms with Crippen LogP contribution in [0.5, 0.6) is 0 Å². The summed E-state index contributed by atoms with van der Waals surface area (Å²) in [6, 6.07) is 1.29. The summed E-state index contributed by atoms with van der Waals surface area (Å²) in [6.07, 6.45) is 3.05. The maximum absolute atomic E-state index is 12.0. The summed E-state index contributed by atoms with van der Waals surface area (Å²) in [6.45, 7) is 1.91. The van der Waals surface area contributed by atoms with E-state index in [9.17, 15) is 14.9 Å². The molecular weight excluding hydrogens is 286 g/mol. The first-order valence-corrected chi connectivity index (χ1v) is 6.62. The van der Waals surface area contributed by atoms with E-state index in [0.717, 1.165) is 19.4 Å². The second-order valence-electron chi connectivity index (χ2n) is 4.53. The van der Waals surface area contributed by atoms with Gasteiger partial charge in [-0.1, -0.05) is 11.6 Å². The van der Waals surface area contributed by atoms with Crippen molar-refractivity contribution in [1.29, 1.82) is 0 Å². The number of hydrogen-bond acceptors (Lipinski definition) is 5. The van der Waals surface area contributed by atoms with Crippen molar-refractivity contribution in [2.24, 2.45) is 5.92 Å². The number of pyridine rings is 1. The Hall–Kier alpha value is -1.73. The summed E-state index contributed by atoms with van der Waals surface area (Å²) in [5, 5.41) is 13.3. The van der Waals surface area contributed by atoms with E-state index in [2.05, 4.69) is 10.3 Å². The zero-order chi connectivity index (χ0) is 14.5. The molecule has 1 saturated heterocycles. The highest BCUT2D eigenvalue weighted by Crippen LogP contribution is 2.25. The molecule has 0 bridgehead atoms. The van der Waals surface area contributed by atoms with Crippen LogP contribution in [0.1, 0.15) is 23.2 Å². The fourth-order valence-electron chi connectivity index (χ4n) is 2.08. The molecule has 1 aliphatic rings. The van der Waals surface area contributed by atoms with Crippen LogP contribution in [-0.4, -0.2) is 35.6 Å². The van der Waals surface area contributed by atoms with E-state index in [-0.39, 0.29) is 10.7 Å². The van der Waals surface area contributed by atoms with Crippen LogP contribution in [0.3, 0.4) is 0 Å². The molecule has 2 rings (SSSR count). The van der Waals surface area contributed by atoms with Crippen LogP contribution in [0.2, 0.25) is 5.15 Å². The summed E-state index contributed by atoms with van der Waals surface area (Å²) >= 11 is 5.66. The minimum absolute atomic E-state index is 0.0716. The second kappa shape index (κ2) is 6.62. The molecular formula is C12H14ClN3O4. The highest BCUT2D eigenvalue weighted by Gasteiger charge is 2.24. The van der Waals surface area contributed by atoms with Crippen LogP contribution >= 0.6 is 11.6 Å². The fourth-order valence-corrected chi connectivity index (χ4v) is 2.31. The van der Waals surface area contributed by atoms with Crippen molar-refractivity contribution in [2.45, 2.75) is 12.8 Å². The average molecular weight is 300 g/mol. The first-order chi connectivity index (χ1) is 9.59. The maximum atomic E-state index is 12.0. The zero-order valence-corrected chi connectivity index (χ0v) is 11.4. The van der Waals surface area contributed by atoms with E-state index in [1.807, 2.05) is 0 Å². The highest BCUT2D eigenvalue weighted by molar-refractivity contribution is 6.32. The SMILES string of the molecule is O=C(NCCC1CCOC1)c1ccnc(Cl)c1[N+](=O)[O-]. The minimum Gasteiger partial charge on any atom is -0.381 e. The molecule has 1 unspecified atom stereocenters. The van der Waals surface area contributed by atoms with Gasteiger partial charge in [0.05, 0.1) is 4.92 Å². The predicted octanol–water partition coefficient (Wildman–Crippen LogP) is 1.80. The second-order valence-corrected chi connectivity index (χ2v) is 4.89. The number of nitrogens with one attached hydrogen (secondary N) is 1. The highest BCUT2D eigenvalue weighted by atomic mass is 35.5. The molecule has 0 saturated carbocycles. The van der Waals surface area contributed by atoms with Gasteiger partial charge >= 0.3 is 5.69 Å². The number of hydrogen-bond donors (Lipinski definition) is 1. The Morgan fingerprint density at radius 2 is 2.45 bits per heavy atom. The van der Waals surface area contributed by atoms with E-state index in [4.69, 9.17) is 16.3 Å². The maximum Gasteiger partial charge on any atom is 0.319 e. The quantitative estimate of drug-likeness (QED) is 0.508. The van der Waals surface area contributed by atoms with Crippen LogP contribution in [-0.2, 0) is 4.74 Å². The lowest BCUT2D eigenvalue weighted by Gasteiger charge is -2.09. The number of amides is 1. The molecule has 1 aromatic rings. The molecule has 0 aromatic carbocycles. The number of carbonyl (C=O) groups is 1. The average Bonchev–Trinajstić information content (AvgIpc) is 2.91. The summed E-state index contributed by atoms with van der Waals surface area (Å²) in [5.41, 5.74) is -0.534. The van der Waals surface area contributed by atoms with Gasteiger partial charge in [-0.05, 0) is 24.8 Å². The van der Waals surface area contributed by atoms with Crippen LogP contribution in [0.15, 0.2) is 12.3 Å². The van der Waals surface area contributed by atoms with Crippen molar-refractivity contribution in [3.63, 3.8) is 0 Å². The standard InChI is InChI=1S/C12H14ClN3O4/c13-11-10(16(18)19)9(2-5-14-11)12(17)15-4-1-8-3-6-20-7-8/h2,5,8H,1,3-4,6-7H2,(H,15,17). The lowest BCUT2D eigenvalue weighted by Crippen LogP contribution is -2.27. The lowest BCUT2D eigenvalue weighted by molar-refractivity contribution is -0.385. The smallest absolute Gasteiger partial charge is 0.319 e. The van der Waals surface area contributed by atoms with Crippen molar-refractivity contribution in [3.8, 4) is 0 Å². The van der Waals surface area contributed by atoms with Crippen LogP contribution in [0.25, 0.3) is 0 Å². The third-order valence-electron chi connectivity index (χ3n) is 3.17. The van der Waals surface area contributed by atoms with E-state index in [0.29, 0.717) is 19.1 Å². The molecule has 108 valence electrons. The van der Waals surface area contributed by atoms with E-state index in [1.54, 1.807) is 0 Å². The van der Waals surface area contributed by atoms with Crippen molar-refractivity contribution >= 4 is 23.2 Å². The first-order valence-electron chi connectivity index (χ1n) is 6.24. The number of nitrogens with zero attached hydrogens (tertiary/aromatic N) is 2. The molecule has 0 radical (unpaired) electrons. The molecule has 20 heavy (non-hydrogen) atoms. The molecule has 1 aromatic heterocycles. The topological polar surface area (TPSA) is 94.4 Å². The summed E-state index contributed by atoms with van der Waals surface area (Å²) < 4.78 is 5.24. The summed E-state index contributed by atoms with van der Waals surface area (Å²) in [4.78, 5) is 25.8.